The third-order valence-corrected chi connectivity index (χ3v) is 7.89. The summed E-state index contributed by atoms with van der Waals surface area (Å²) in [7, 11) is -6.67. The number of rotatable bonds is 3. The number of hydrogen-bond acceptors (Lipinski definition) is 5. The average Bonchev–Trinajstić information content (AvgIpc) is 2.83. The molecule has 0 bridgehead atoms. The predicted molar refractivity (Wildman–Crippen MR) is 64.8 cm³/mol. The van der Waals surface area contributed by atoms with Crippen LogP contribution in [0.2, 0.25) is 0 Å². The molecule has 2 atom stereocenters. The van der Waals surface area contributed by atoms with Gasteiger partial charge in [-0.15, -0.1) is 0 Å². The molecule has 6 nitrogen and oxygen atoms in total. The van der Waals surface area contributed by atoms with E-state index in [4.69, 9.17) is 5.73 Å². The number of sulfone groups is 1. The predicted octanol–water partition coefficient (Wildman–Crippen LogP) is -1.07. The Hall–Kier alpha value is -0.180. The fourth-order valence-corrected chi connectivity index (χ4v) is 7.36. The first kappa shape index (κ1) is 13.3. The summed E-state index contributed by atoms with van der Waals surface area (Å²) in [6.07, 6.45) is 1.80. The Labute approximate surface area is 102 Å². The second kappa shape index (κ2) is 4.49. The standard InChI is InChI=1S/C9H18N2O4S2/c10-6-8-2-1-4-11(8)17(14,15)9-3-5-16(12,13)7-9/h8-9H,1-7,10H2. The minimum absolute atomic E-state index is 0.0158. The molecule has 0 saturated carbocycles. The third kappa shape index (κ3) is 2.49. The summed E-state index contributed by atoms with van der Waals surface area (Å²) in [5.74, 6) is -0.249. The fraction of sp³-hybridized carbons (Fsp3) is 1.00. The highest BCUT2D eigenvalue weighted by atomic mass is 32.2. The second-order valence-corrected chi connectivity index (χ2v) is 9.11. The maximum Gasteiger partial charge on any atom is 0.218 e. The lowest BCUT2D eigenvalue weighted by Crippen LogP contribution is -2.45. The van der Waals surface area contributed by atoms with Crippen molar-refractivity contribution < 1.29 is 16.8 Å². The SMILES string of the molecule is NCC1CCCN1S(=O)(=O)C1CCS(=O)(=O)C1. The lowest BCUT2D eigenvalue weighted by atomic mass is 10.2. The zero-order valence-corrected chi connectivity index (χ0v) is 11.2. The summed E-state index contributed by atoms with van der Waals surface area (Å²) >= 11 is 0. The van der Waals surface area contributed by atoms with Gasteiger partial charge in [-0.1, -0.05) is 0 Å². The van der Waals surface area contributed by atoms with Crippen molar-refractivity contribution in [3.8, 4) is 0 Å². The van der Waals surface area contributed by atoms with Crippen LogP contribution < -0.4 is 5.73 Å². The minimum atomic E-state index is -3.50. The maximum absolute atomic E-state index is 12.3. The van der Waals surface area contributed by atoms with Crippen LogP contribution in [0.1, 0.15) is 19.3 Å². The summed E-state index contributed by atoms with van der Waals surface area (Å²) in [6, 6.07) is -0.150. The lowest BCUT2D eigenvalue weighted by Gasteiger charge is -2.25. The molecule has 2 heterocycles. The summed E-state index contributed by atoms with van der Waals surface area (Å²) in [5.41, 5.74) is 5.55. The molecule has 0 amide bonds. The van der Waals surface area contributed by atoms with E-state index in [1.165, 1.54) is 4.31 Å². The Balaban J connectivity index is 2.20. The molecule has 2 rings (SSSR count). The van der Waals surface area contributed by atoms with E-state index >= 15 is 0 Å². The van der Waals surface area contributed by atoms with Crippen LogP contribution >= 0.6 is 0 Å². The summed E-state index contributed by atoms with van der Waals surface area (Å²) < 4.78 is 48.7. The van der Waals surface area contributed by atoms with E-state index in [1.807, 2.05) is 0 Å². The van der Waals surface area contributed by atoms with Crippen LogP contribution in [-0.4, -0.2) is 57.0 Å². The van der Waals surface area contributed by atoms with E-state index < -0.39 is 25.1 Å². The van der Waals surface area contributed by atoms with E-state index in [1.54, 1.807) is 0 Å². The molecule has 2 N–H and O–H groups in total. The van der Waals surface area contributed by atoms with Crippen molar-refractivity contribution in [2.24, 2.45) is 5.73 Å². The van der Waals surface area contributed by atoms with Crippen molar-refractivity contribution in [1.82, 2.24) is 4.31 Å². The molecule has 0 aromatic heterocycles. The molecule has 0 aromatic carbocycles. The van der Waals surface area contributed by atoms with Gasteiger partial charge in [-0.25, -0.2) is 16.8 Å². The molecule has 2 aliphatic rings. The third-order valence-electron chi connectivity index (χ3n) is 3.53. The van der Waals surface area contributed by atoms with Gasteiger partial charge in [0.1, 0.15) is 0 Å². The number of nitrogens with two attached hydrogens (primary N) is 1. The Morgan fingerprint density at radius 2 is 2.00 bits per heavy atom. The van der Waals surface area contributed by atoms with Crippen molar-refractivity contribution in [2.45, 2.75) is 30.6 Å². The summed E-state index contributed by atoms with van der Waals surface area (Å²) in [6.45, 7) is 0.777. The molecule has 0 aromatic rings. The molecular formula is C9H18N2O4S2. The van der Waals surface area contributed by atoms with Crippen LogP contribution in [0, 0.1) is 0 Å². The maximum atomic E-state index is 12.3. The van der Waals surface area contributed by atoms with Gasteiger partial charge in [-0.3, -0.25) is 0 Å². The molecule has 2 fully saturated rings. The first-order valence-electron chi connectivity index (χ1n) is 5.78. The summed E-state index contributed by atoms with van der Waals surface area (Å²) in [4.78, 5) is 0. The lowest BCUT2D eigenvalue weighted by molar-refractivity contribution is 0.387. The van der Waals surface area contributed by atoms with E-state index in [0.717, 1.165) is 12.8 Å². The van der Waals surface area contributed by atoms with E-state index in [2.05, 4.69) is 0 Å². The number of nitrogens with zero attached hydrogens (tertiary/aromatic N) is 1. The first-order chi connectivity index (χ1) is 7.87. The smallest absolute Gasteiger partial charge is 0.218 e. The zero-order chi connectivity index (χ0) is 12.7. The van der Waals surface area contributed by atoms with Crippen LogP contribution in [0.3, 0.4) is 0 Å². The first-order valence-corrected chi connectivity index (χ1v) is 9.10. The summed E-state index contributed by atoms with van der Waals surface area (Å²) in [5, 5.41) is -0.764. The van der Waals surface area contributed by atoms with Gasteiger partial charge in [0, 0.05) is 19.1 Å². The van der Waals surface area contributed by atoms with Crippen molar-refractivity contribution in [2.75, 3.05) is 24.6 Å². The van der Waals surface area contributed by atoms with E-state index in [9.17, 15) is 16.8 Å². The number of hydrogen-bond donors (Lipinski definition) is 1. The zero-order valence-electron chi connectivity index (χ0n) is 9.58. The highest BCUT2D eigenvalue weighted by molar-refractivity contribution is 7.95. The van der Waals surface area contributed by atoms with Gasteiger partial charge in [-0.05, 0) is 19.3 Å². The molecule has 2 aliphatic heterocycles. The average molecular weight is 282 g/mol. The molecule has 2 unspecified atom stereocenters. The van der Waals surface area contributed by atoms with Crippen molar-refractivity contribution in [1.29, 1.82) is 0 Å². The molecule has 0 spiro atoms. The topological polar surface area (TPSA) is 97.5 Å². The van der Waals surface area contributed by atoms with Gasteiger partial charge < -0.3 is 5.73 Å². The van der Waals surface area contributed by atoms with Gasteiger partial charge in [0.05, 0.1) is 16.8 Å². The van der Waals surface area contributed by atoms with Crippen LogP contribution in [0.4, 0.5) is 0 Å². The fourth-order valence-electron chi connectivity index (χ4n) is 2.57. The molecule has 2 saturated heterocycles. The van der Waals surface area contributed by atoms with Gasteiger partial charge in [-0.2, -0.15) is 4.31 Å². The monoisotopic (exact) mass is 282 g/mol. The van der Waals surface area contributed by atoms with Crippen LogP contribution in [-0.2, 0) is 19.9 Å². The van der Waals surface area contributed by atoms with Crippen molar-refractivity contribution >= 4 is 19.9 Å². The Morgan fingerprint density at radius 3 is 2.53 bits per heavy atom. The van der Waals surface area contributed by atoms with E-state index in [0.29, 0.717) is 13.1 Å². The van der Waals surface area contributed by atoms with Gasteiger partial charge in [0.15, 0.2) is 9.84 Å². The van der Waals surface area contributed by atoms with Gasteiger partial charge in [0.2, 0.25) is 10.0 Å². The van der Waals surface area contributed by atoms with E-state index in [-0.39, 0.29) is 24.0 Å². The quantitative estimate of drug-likeness (QED) is 0.710. The minimum Gasteiger partial charge on any atom is -0.329 e. The molecule has 8 heteroatoms. The molecule has 0 aliphatic carbocycles. The molecule has 17 heavy (non-hydrogen) atoms. The van der Waals surface area contributed by atoms with Crippen LogP contribution in [0.25, 0.3) is 0 Å². The van der Waals surface area contributed by atoms with Crippen LogP contribution in [0.15, 0.2) is 0 Å². The Kier molecular flexibility index (Phi) is 3.50. The van der Waals surface area contributed by atoms with Crippen LogP contribution in [0.5, 0.6) is 0 Å². The highest BCUT2D eigenvalue weighted by Gasteiger charge is 2.43. The normalized spacial score (nSPS) is 34.2. The molecule has 100 valence electrons. The largest absolute Gasteiger partial charge is 0.329 e. The van der Waals surface area contributed by atoms with Gasteiger partial charge >= 0.3 is 0 Å². The van der Waals surface area contributed by atoms with Crippen molar-refractivity contribution in [3.05, 3.63) is 0 Å². The highest BCUT2D eigenvalue weighted by Crippen LogP contribution is 2.27. The second-order valence-electron chi connectivity index (χ2n) is 4.71. The Bertz CT molecular complexity index is 485. The number of sulfonamides is 1. The van der Waals surface area contributed by atoms with Gasteiger partial charge in [0.25, 0.3) is 0 Å². The molecule has 0 radical (unpaired) electrons. The van der Waals surface area contributed by atoms with Crippen molar-refractivity contribution in [3.63, 3.8) is 0 Å². The molecular weight excluding hydrogens is 264 g/mol. The Morgan fingerprint density at radius 1 is 1.29 bits per heavy atom.